The minimum absolute atomic E-state index is 0.0278. The highest BCUT2D eigenvalue weighted by Crippen LogP contribution is 2.38. The van der Waals surface area contributed by atoms with E-state index in [0.29, 0.717) is 24.3 Å². The third-order valence-corrected chi connectivity index (χ3v) is 5.47. The minimum atomic E-state index is -4.50. The number of ether oxygens (including phenoxy) is 1. The molecule has 3 aromatic heterocycles. The Hall–Kier alpha value is -3.43. The number of carboxylic acids is 1. The second kappa shape index (κ2) is 8.01. The zero-order valence-corrected chi connectivity index (χ0v) is 16.3. The van der Waals surface area contributed by atoms with Gasteiger partial charge in [-0.1, -0.05) is 18.9 Å². The number of imidazole rings is 1. The molecule has 0 aliphatic heterocycles. The third kappa shape index (κ3) is 4.37. The molecule has 2 N–H and O–H groups in total. The first-order valence-electron chi connectivity index (χ1n) is 9.68. The van der Waals surface area contributed by atoms with Crippen LogP contribution >= 0.6 is 0 Å². The molecule has 31 heavy (non-hydrogen) atoms. The van der Waals surface area contributed by atoms with Gasteiger partial charge in [-0.25, -0.2) is 9.97 Å². The van der Waals surface area contributed by atoms with E-state index in [4.69, 9.17) is 4.74 Å². The van der Waals surface area contributed by atoms with E-state index in [1.807, 2.05) is 0 Å². The normalized spacial score (nSPS) is 15.7. The minimum Gasteiger partial charge on any atom is -0.481 e. The molecule has 7 nitrogen and oxygen atoms in total. The number of H-pyrrole nitrogens is 1. The number of carbonyl (C=O) groups is 1. The van der Waals surface area contributed by atoms with Gasteiger partial charge in [0.15, 0.2) is 5.82 Å². The van der Waals surface area contributed by atoms with Crippen LogP contribution in [0.3, 0.4) is 0 Å². The third-order valence-electron chi connectivity index (χ3n) is 5.47. The van der Waals surface area contributed by atoms with Crippen molar-refractivity contribution < 1.29 is 27.8 Å². The summed E-state index contributed by atoms with van der Waals surface area (Å²) in [4.78, 5) is 25.9. The molecule has 1 aliphatic rings. The molecule has 3 aromatic rings. The van der Waals surface area contributed by atoms with Gasteiger partial charge in [0.25, 0.3) is 0 Å². The maximum Gasteiger partial charge on any atom is 0.432 e. The maximum atomic E-state index is 12.7. The van der Waals surface area contributed by atoms with Gasteiger partial charge < -0.3 is 14.8 Å². The van der Waals surface area contributed by atoms with Gasteiger partial charge >= 0.3 is 12.1 Å². The van der Waals surface area contributed by atoms with Gasteiger partial charge in [-0.2, -0.15) is 13.2 Å². The van der Waals surface area contributed by atoms with E-state index < -0.39 is 23.3 Å². The molecule has 0 aromatic carbocycles. The van der Waals surface area contributed by atoms with Gasteiger partial charge in [0, 0.05) is 29.6 Å². The van der Waals surface area contributed by atoms with Crippen molar-refractivity contribution in [2.75, 3.05) is 6.61 Å². The van der Waals surface area contributed by atoms with Crippen LogP contribution in [0.1, 0.15) is 31.4 Å². The van der Waals surface area contributed by atoms with Crippen molar-refractivity contribution in [2.45, 2.75) is 31.9 Å². The SMILES string of the molecule is O=C(O)C1(COc2ccc(-c3ccc(-c4ncc(C(F)(F)F)[nH]4)nc3)cn2)CCCC1. The largest absolute Gasteiger partial charge is 0.481 e. The molecule has 1 aliphatic carbocycles. The van der Waals surface area contributed by atoms with E-state index in [1.165, 1.54) is 6.20 Å². The van der Waals surface area contributed by atoms with E-state index in [1.54, 1.807) is 30.5 Å². The Kier molecular flexibility index (Phi) is 5.38. The Morgan fingerprint density at radius 1 is 1.03 bits per heavy atom. The lowest BCUT2D eigenvalue weighted by Gasteiger charge is -2.23. The van der Waals surface area contributed by atoms with Crippen molar-refractivity contribution in [1.29, 1.82) is 0 Å². The van der Waals surface area contributed by atoms with Crippen molar-refractivity contribution in [3.05, 3.63) is 48.5 Å². The number of pyridine rings is 2. The van der Waals surface area contributed by atoms with Crippen molar-refractivity contribution in [2.24, 2.45) is 5.41 Å². The van der Waals surface area contributed by atoms with Gasteiger partial charge in [0.05, 0.1) is 6.20 Å². The topological polar surface area (TPSA) is 101 Å². The molecule has 0 saturated heterocycles. The highest BCUT2D eigenvalue weighted by molar-refractivity contribution is 5.75. The zero-order chi connectivity index (χ0) is 22.1. The van der Waals surface area contributed by atoms with Crippen LogP contribution in [0.5, 0.6) is 5.88 Å². The fourth-order valence-electron chi connectivity index (χ4n) is 3.62. The molecule has 0 spiro atoms. The summed E-state index contributed by atoms with van der Waals surface area (Å²) >= 11 is 0. The Balaban J connectivity index is 1.43. The predicted octanol–water partition coefficient (Wildman–Crippen LogP) is 4.58. The lowest BCUT2D eigenvalue weighted by Crippen LogP contribution is -2.34. The standard InChI is InChI=1S/C21H19F3N4O3/c22-21(23,24)16-11-27-18(28-16)15-5-3-13(9-25-15)14-4-6-17(26-10-14)31-12-20(19(29)30)7-1-2-8-20/h3-6,9-11H,1-2,7-8,12H2,(H,27,28)(H,29,30). The highest BCUT2D eigenvalue weighted by atomic mass is 19.4. The van der Waals surface area contributed by atoms with E-state index in [0.717, 1.165) is 24.6 Å². The van der Waals surface area contributed by atoms with Crippen LogP contribution in [0.25, 0.3) is 22.6 Å². The van der Waals surface area contributed by atoms with Gasteiger partial charge in [0.1, 0.15) is 23.4 Å². The van der Waals surface area contributed by atoms with Crippen LogP contribution in [0.15, 0.2) is 42.9 Å². The Morgan fingerprint density at radius 2 is 1.71 bits per heavy atom. The Morgan fingerprint density at radius 3 is 2.23 bits per heavy atom. The lowest BCUT2D eigenvalue weighted by molar-refractivity contribution is -0.150. The first kappa shape index (κ1) is 20.8. The van der Waals surface area contributed by atoms with Crippen LogP contribution in [-0.4, -0.2) is 37.6 Å². The summed E-state index contributed by atoms with van der Waals surface area (Å²) in [5, 5.41) is 9.51. The number of halogens is 3. The first-order chi connectivity index (χ1) is 14.8. The number of hydrogen-bond acceptors (Lipinski definition) is 5. The van der Waals surface area contributed by atoms with Gasteiger partial charge in [0.2, 0.25) is 5.88 Å². The van der Waals surface area contributed by atoms with Gasteiger partial charge in [-0.3, -0.25) is 9.78 Å². The summed E-state index contributed by atoms with van der Waals surface area (Å²) in [6.45, 7) is 0.0774. The average Bonchev–Trinajstić information content (AvgIpc) is 3.43. The summed E-state index contributed by atoms with van der Waals surface area (Å²) in [6, 6.07) is 6.68. The van der Waals surface area contributed by atoms with E-state index in [9.17, 15) is 23.1 Å². The summed E-state index contributed by atoms with van der Waals surface area (Å²) < 4.78 is 43.7. The number of alkyl halides is 3. The van der Waals surface area contributed by atoms with E-state index >= 15 is 0 Å². The van der Waals surface area contributed by atoms with Crippen LogP contribution in [0, 0.1) is 5.41 Å². The van der Waals surface area contributed by atoms with E-state index in [-0.39, 0.29) is 18.1 Å². The summed E-state index contributed by atoms with van der Waals surface area (Å²) in [7, 11) is 0. The number of aromatic nitrogens is 4. The molecule has 0 bridgehead atoms. The first-order valence-corrected chi connectivity index (χ1v) is 9.68. The second-order valence-electron chi connectivity index (χ2n) is 7.54. The summed E-state index contributed by atoms with van der Waals surface area (Å²) in [5.74, 6) is -0.483. The van der Waals surface area contributed by atoms with Crippen molar-refractivity contribution in [1.82, 2.24) is 19.9 Å². The number of aliphatic carboxylic acids is 1. The molecule has 0 unspecified atom stereocenters. The molecule has 4 rings (SSSR count). The highest BCUT2D eigenvalue weighted by Gasteiger charge is 2.42. The molecule has 0 radical (unpaired) electrons. The molecule has 1 fully saturated rings. The fraction of sp³-hybridized carbons (Fsp3) is 0.333. The maximum absolute atomic E-state index is 12.7. The Labute approximate surface area is 175 Å². The number of rotatable bonds is 6. The average molecular weight is 432 g/mol. The Bertz CT molecular complexity index is 1060. The number of nitrogens with one attached hydrogen (secondary N) is 1. The number of carboxylic acid groups (broad SMARTS) is 1. The van der Waals surface area contributed by atoms with E-state index in [2.05, 4.69) is 19.9 Å². The zero-order valence-electron chi connectivity index (χ0n) is 16.3. The molecule has 3 heterocycles. The molecule has 0 amide bonds. The second-order valence-corrected chi connectivity index (χ2v) is 7.54. The van der Waals surface area contributed by atoms with Crippen molar-refractivity contribution in [3.8, 4) is 28.5 Å². The molecule has 162 valence electrons. The summed E-state index contributed by atoms with van der Waals surface area (Å²) in [5.41, 5.74) is -0.0604. The smallest absolute Gasteiger partial charge is 0.432 e. The fourth-order valence-corrected chi connectivity index (χ4v) is 3.62. The number of aromatic amines is 1. The van der Waals surface area contributed by atoms with Gasteiger partial charge in [-0.15, -0.1) is 0 Å². The molecule has 0 atom stereocenters. The van der Waals surface area contributed by atoms with Crippen LogP contribution < -0.4 is 4.74 Å². The van der Waals surface area contributed by atoms with Crippen LogP contribution in [-0.2, 0) is 11.0 Å². The molecule has 1 saturated carbocycles. The number of hydrogen-bond donors (Lipinski definition) is 2. The van der Waals surface area contributed by atoms with Gasteiger partial charge in [-0.05, 0) is 25.0 Å². The quantitative estimate of drug-likeness (QED) is 0.592. The summed E-state index contributed by atoms with van der Waals surface area (Å²) in [6.07, 6.45) is 2.26. The molecular formula is C21H19F3N4O3. The molecular weight excluding hydrogens is 413 g/mol. The van der Waals surface area contributed by atoms with Crippen LogP contribution in [0.2, 0.25) is 0 Å². The predicted molar refractivity (Wildman–Crippen MR) is 104 cm³/mol. The van der Waals surface area contributed by atoms with Crippen LogP contribution in [0.4, 0.5) is 13.2 Å². The lowest BCUT2D eigenvalue weighted by atomic mass is 9.87. The van der Waals surface area contributed by atoms with Crippen molar-refractivity contribution in [3.63, 3.8) is 0 Å². The monoisotopic (exact) mass is 432 g/mol. The van der Waals surface area contributed by atoms with Crippen molar-refractivity contribution >= 4 is 5.97 Å². The molecule has 10 heteroatoms. The number of nitrogens with zero attached hydrogens (tertiary/aromatic N) is 3.